The molecule has 0 fully saturated rings. The van der Waals surface area contributed by atoms with E-state index in [0.717, 1.165) is 5.56 Å². The Morgan fingerprint density at radius 3 is 2.16 bits per heavy atom. The predicted octanol–water partition coefficient (Wildman–Crippen LogP) is 5.55. The zero-order valence-electron chi connectivity index (χ0n) is 9.85. The van der Waals surface area contributed by atoms with Crippen molar-refractivity contribution in [1.82, 2.24) is 0 Å². The van der Waals surface area contributed by atoms with E-state index in [4.69, 9.17) is 11.6 Å². The van der Waals surface area contributed by atoms with Crippen LogP contribution in [0.15, 0.2) is 30.3 Å². The van der Waals surface area contributed by atoms with E-state index in [0.29, 0.717) is 22.7 Å². The van der Waals surface area contributed by atoms with Gasteiger partial charge in [0.05, 0.1) is 4.83 Å². The molecule has 0 spiro atoms. The summed E-state index contributed by atoms with van der Waals surface area (Å²) < 4.78 is 40.3. The Kier molecular flexibility index (Phi) is 4.21. The van der Waals surface area contributed by atoms with Crippen LogP contribution in [0.3, 0.4) is 0 Å². The Morgan fingerprint density at radius 1 is 1.05 bits per heavy atom. The van der Waals surface area contributed by atoms with Gasteiger partial charge in [0.25, 0.3) is 0 Å². The van der Waals surface area contributed by atoms with Crippen LogP contribution >= 0.6 is 27.5 Å². The molecule has 0 aromatic heterocycles. The van der Waals surface area contributed by atoms with Gasteiger partial charge in [-0.3, -0.25) is 0 Å². The number of hydrogen-bond acceptors (Lipinski definition) is 0. The zero-order valence-corrected chi connectivity index (χ0v) is 12.2. The molecule has 0 amide bonds. The van der Waals surface area contributed by atoms with Gasteiger partial charge in [-0.2, -0.15) is 0 Å². The van der Waals surface area contributed by atoms with Gasteiger partial charge in [0.15, 0.2) is 0 Å². The van der Waals surface area contributed by atoms with Crippen molar-refractivity contribution in [3.8, 4) is 0 Å². The summed E-state index contributed by atoms with van der Waals surface area (Å²) in [4.78, 5) is -0.703. The number of rotatable bonds is 2. The number of halogens is 5. The van der Waals surface area contributed by atoms with Gasteiger partial charge < -0.3 is 0 Å². The van der Waals surface area contributed by atoms with Gasteiger partial charge in [-0.15, -0.1) is 0 Å². The Labute approximate surface area is 122 Å². The van der Waals surface area contributed by atoms with Crippen LogP contribution in [0, 0.1) is 24.4 Å². The third-order valence-corrected chi connectivity index (χ3v) is 3.99. The maximum Gasteiger partial charge on any atom is 0.133 e. The van der Waals surface area contributed by atoms with E-state index in [-0.39, 0.29) is 5.56 Å². The van der Waals surface area contributed by atoms with Crippen molar-refractivity contribution >= 4 is 27.5 Å². The second-order valence-electron chi connectivity index (χ2n) is 4.15. The molecule has 1 unspecified atom stereocenters. The third-order valence-electron chi connectivity index (χ3n) is 2.80. The predicted molar refractivity (Wildman–Crippen MR) is 73.3 cm³/mol. The highest BCUT2D eigenvalue weighted by molar-refractivity contribution is 9.09. The molecule has 0 nitrogen and oxygen atoms in total. The van der Waals surface area contributed by atoms with Crippen LogP contribution < -0.4 is 0 Å². The van der Waals surface area contributed by atoms with Crippen LogP contribution in [0.1, 0.15) is 21.5 Å². The van der Waals surface area contributed by atoms with Crippen LogP contribution in [0.5, 0.6) is 0 Å². The van der Waals surface area contributed by atoms with Gasteiger partial charge in [-0.1, -0.05) is 33.6 Å². The van der Waals surface area contributed by atoms with Crippen molar-refractivity contribution < 1.29 is 13.2 Å². The second-order valence-corrected chi connectivity index (χ2v) is 5.50. The Balaban J connectivity index is 2.53. The highest BCUT2D eigenvalue weighted by Crippen LogP contribution is 2.36. The third kappa shape index (κ3) is 2.95. The molecule has 0 bridgehead atoms. The zero-order chi connectivity index (χ0) is 14.2. The number of benzene rings is 2. The van der Waals surface area contributed by atoms with Crippen LogP contribution in [0.25, 0.3) is 0 Å². The van der Waals surface area contributed by atoms with E-state index in [1.165, 1.54) is 0 Å². The van der Waals surface area contributed by atoms with Gasteiger partial charge in [0, 0.05) is 22.7 Å². The van der Waals surface area contributed by atoms with Crippen molar-refractivity contribution in [1.29, 1.82) is 0 Å². The quantitative estimate of drug-likeness (QED) is 0.624. The van der Waals surface area contributed by atoms with Crippen molar-refractivity contribution in [3.63, 3.8) is 0 Å². The Hall–Kier alpha value is -1.00. The SMILES string of the molecule is Cc1cc(Cl)ccc1C(Br)c1c(F)cc(F)cc1F. The largest absolute Gasteiger partial charge is 0.207 e. The van der Waals surface area contributed by atoms with Crippen molar-refractivity contribution in [3.05, 3.63) is 69.5 Å². The molecule has 0 heterocycles. The first-order valence-corrected chi connectivity index (χ1v) is 6.74. The van der Waals surface area contributed by atoms with Crippen LogP contribution in [0.2, 0.25) is 5.02 Å². The molecule has 0 aliphatic carbocycles. The van der Waals surface area contributed by atoms with Crippen LogP contribution in [-0.4, -0.2) is 0 Å². The topological polar surface area (TPSA) is 0 Å². The summed E-state index contributed by atoms with van der Waals surface area (Å²) in [5, 5.41) is 0.543. The maximum atomic E-state index is 13.7. The number of aryl methyl sites for hydroxylation is 1. The van der Waals surface area contributed by atoms with E-state index in [2.05, 4.69) is 15.9 Å². The minimum atomic E-state index is -0.939. The van der Waals surface area contributed by atoms with Gasteiger partial charge in [-0.25, -0.2) is 13.2 Å². The summed E-state index contributed by atoms with van der Waals surface area (Å²) in [5.74, 6) is -2.78. The summed E-state index contributed by atoms with van der Waals surface area (Å²) in [6.07, 6.45) is 0. The van der Waals surface area contributed by atoms with Crippen molar-refractivity contribution in [2.45, 2.75) is 11.8 Å². The molecule has 0 radical (unpaired) electrons. The molecule has 0 N–H and O–H groups in total. The van der Waals surface area contributed by atoms with Gasteiger partial charge in [0.2, 0.25) is 0 Å². The van der Waals surface area contributed by atoms with E-state index < -0.39 is 22.3 Å². The lowest BCUT2D eigenvalue weighted by atomic mass is 9.99. The van der Waals surface area contributed by atoms with E-state index in [9.17, 15) is 13.2 Å². The lowest BCUT2D eigenvalue weighted by Gasteiger charge is -2.15. The van der Waals surface area contributed by atoms with E-state index in [1.807, 2.05) is 0 Å². The highest BCUT2D eigenvalue weighted by atomic mass is 79.9. The molecule has 2 aromatic rings. The average molecular weight is 350 g/mol. The first kappa shape index (κ1) is 14.4. The smallest absolute Gasteiger partial charge is 0.133 e. The summed E-state index contributed by atoms with van der Waals surface area (Å²) in [5.41, 5.74) is 1.25. The summed E-state index contributed by atoms with van der Waals surface area (Å²) in [7, 11) is 0. The standard InChI is InChI=1S/C14H9BrClF3/c1-7-4-8(16)2-3-10(7)14(15)13-11(18)5-9(17)6-12(13)19/h2-6,14H,1H3. The minimum Gasteiger partial charge on any atom is -0.207 e. The van der Waals surface area contributed by atoms with Crippen LogP contribution in [0.4, 0.5) is 13.2 Å². The second kappa shape index (κ2) is 5.55. The molecule has 100 valence electrons. The lowest BCUT2D eigenvalue weighted by Crippen LogP contribution is -2.03. The van der Waals surface area contributed by atoms with E-state index >= 15 is 0 Å². The van der Waals surface area contributed by atoms with E-state index in [1.54, 1.807) is 25.1 Å². The average Bonchev–Trinajstić information content (AvgIpc) is 2.26. The van der Waals surface area contributed by atoms with Crippen molar-refractivity contribution in [2.24, 2.45) is 0 Å². The maximum absolute atomic E-state index is 13.7. The molecule has 5 heteroatoms. The monoisotopic (exact) mass is 348 g/mol. The normalized spacial score (nSPS) is 12.5. The molecule has 0 aliphatic heterocycles. The Morgan fingerprint density at radius 2 is 1.63 bits per heavy atom. The molecule has 0 saturated carbocycles. The van der Waals surface area contributed by atoms with Crippen molar-refractivity contribution in [2.75, 3.05) is 0 Å². The molecule has 0 saturated heterocycles. The Bertz CT molecular complexity index is 605. The molecule has 19 heavy (non-hydrogen) atoms. The van der Waals surface area contributed by atoms with Gasteiger partial charge in [0.1, 0.15) is 17.5 Å². The number of alkyl halides is 1. The molecule has 0 aliphatic rings. The lowest BCUT2D eigenvalue weighted by molar-refractivity contribution is 0.527. The molecule has 2 rings (SSSR count). The first-order valence-electron chi connectivity index (χ1n) is 5.44. The molecular formula is C14H9BrClF3. The highest BCUT2D eigenvalue weighted by Gasteiger charge is 2.22. The minimum absolute atomic E-state index is 0.216. The fourth-order valence-corrected chi connectivity index (χ4v) is 3.05. The molecule has 2 aromatic carbocycles. The van der Waals surface area contributed by atoms with Gasteiger partial charge >= 0.3 is 0 Å². The summed E-state index contributed by atoms with van der Waals surface area (Å²) >= 11 is 9.09. The first-order chi connectivity index (χ1) is 8.90. The fraction of sp³-hybridized carbons (Fsp3) is 0.143. The fourth-order valence-electron chi connectivity index (χ4n) is 1.87. The summed E-state index contributed by atoms with van der Waals surface area (Å²) in [6.45, 7) is 1.79. The van der Waals surface area contributed by atoms with Crippen LogP contribution in [-0.2, 0) is 0 Å². The van der Waals surface area contributed by atoms with Gasteiger partial charge in [-0.05, 0) is 30.2 Å². The molecule has 1 atom stereocenters. The summed E-state index contributed by atoms with van der Waals surface area (Å²) in [6, 6.07) is 6.34. The number of hydrogen-bond donors (Lipinski definition) is 0. The molecular weight excluding hydrogens is 341 g/mol.